The zero-order valence-corrected chi connectivity index (χ0v) is 22.4. The van der Waals surface area contributed by atoms with Crippen LogP contribution in [0.2, 0.25) is 0 Å². The Morgan fingerprint density at radius 3 is 2.06 bits per heavy atom. The number of hydrogen-bond donors (Lipinski definition) is 1. The molecule has 0 aromatic heterocycles. The molecule has 1 N–H and O–H groups in total. The maximum atomic E-state index is 11.8. The van der Waals surface area contributed by atoms with E-state index in [0.29, 0.717) is 17.3 Å². The summed E-state index contributed by atoms with van der Waals surface area (Å²) in [6.45, 7) is 7.20. The van der Waals surface area contributed by atoms with Crippen molar-refractivity contribution in [3.63, 3.8) is 0 Å². The molecule has 4 nitrogen and oxygen atoms in total. The van der Waals surface area contributed by atoms with E-state index >= 15 is 0 Å². The minimum absolute atomic E-state index is 0.102. The highest BCUT2D eigenvalue weighted by molar-refractivity contribution is 8.03. The smallest absolute Gasteiger partial charge is 0.342 e. The van der Waals surface area contributed by atoms with E-state index in [-0.39, 0.29) is 5.41 Å². The molecule has 0 aliphatic carbocycles. The summed E-state index contributed by atoms with van der Waals surface area (Å²) in [7, 11) is 1.67. The molecule has 0 unspecified atom stereocenters. The summed E-state index contributed by atoms with van der Waals surface area (Å²) in [6.07, 6.45) is 4.73. The first-order chi connectivity index (χ1) is 17.2. The van der Waals surface area contributed by atoms with Crippen molar-refractivity contribution in [2.45, 2.75) is 51.2 Å². The lowest BCUT2D eigenvalue weighted by Gasteiger charge is -2.19. The summed E-state index contributed by atoms with van der Waals surface area (Å²) in [5, 5.41) is 9.67. The molecule has 0 fully saturated rings. The fraction of sp³-hybridized carbons (Fsp3) is 0.323. The summed E-state index contributed by atoms with van der Waals surface area (Å²) < 4.78 is 11.1. The average molecular weight is 505 g/mol. The lowest BCUT2D eigenvalue weighted by atomic mass is 9.87. The van der Waals surface area contributed by atoms with E-state index in [1.165, 1.54) is 22.9 Å². The molecule has 190 valence electrons. The molecule has 3 aromatic rings. The molecular formula is C31H36O4S. The molecule has 0 atom stereocenters. The van der Waals surface area contributed by atoms with Gasteiger partial charge in [0.2, 0.25) is 0 Å². The number of carboxylic acid groups (broad SMARTS) is 1. The average Bonchev–Trinajstić information content (AvgIpc) is 2.87. The minimum atomic E-state index is -0.913. The number of methoxy groups -OCH3 is 1. The summed E-state index contributed by atoms with van der Waals surface area (Å²) in [5.74, 6) is 1.37. The van der Waals surface area contributed by atoms with Gasteiger partial charge in [-0.15, -0.1) is 11.8 Å². The van der Waals surface area contributed by atoms with Gasteiger partial charge in [0.05, 0.1) is 18.6 Å². The van der Waals surface area contributed by atoms with Crippen molar-refractivity contribution < 1.29 is 19.4 Å². The van der Waals surface area contributed by atoms with Gasteiger partial charge in [0.25, 0.3) is 0 Å². The van der Waals surface area contributed by atoms with Gasteiger partial charge in [0.15, 0.2) is 0 Å². The van der Waals surface area contributed by atoms with Gasteiger partial charge in [0, 0.05) is 5.75 Å². The van der Waals surface area contributed by atoms with Crippen LogP contribution in [0.15, 0.2) is 77.7 Å². The minimum Gasteiger partial charge on any atom is -0.497 e. The third kappa shape index (κ3) is 8.80. The monoisotopic (exact) mass is 504 g/mol. The number of aliphatic carboxylic acids is 1. The first-order valence-electron chi connectivity index (χ1n) is 12.3. The first-order valence-corrected chi connectivity index (χ1v) is 13.3. The Morgan fingerprint density at radius 2 is 1.47 bits per heavy atom. The third-order valence-corrected chi connectivity index (χ3v) is 6.97. The molecule has 0 amide bonds. The van der Waals surface area contributed by atoms with Crippen LogP contribution in [0.5, 0.6) is 11.5 Å². The lowest BCUT2D eigenvalue weighted by Crippen LogP contribution is -2.10. The van der Waals surface area contributed by atoms with E-state index in [1.807, 2.05) is 36.4 Å². The van der Waals surface area contributed by atoms with Crippen LogP contribution in [0.25, 0.3) is 6.08 Å². The summed E-state index contributed by atoms with van der Waals surface area (Å²) in [5.41, 5.74) is 4.61. The molecule has 0 heterocycles. The topological polar surface area (TPSA) is 55.8 Å². The fourth-order valence-corrected chi connectivity index (χ4v) is 4.51. The second-order valence-electron chi connectivity index (χ2n) is 9.77. The van der Waals surface area contributed by atoms with Crippen molar-refractivity contribution in [3.05, 3.63) is 100.0 Å². The maximum absolute atomic E-state index is 11.8. The van der Waals surface area contributed by atoms with Crippen LogP contribution in [0, 0.1) is 0 Å². The number of ether oxygens (including phenoxy) is 2. The SMILES string of the molecule is COc1ccc(CCCCOc2ccc(/C=C(/SCc3ccc(C(C)(C)C)cc3)C(=O)O)cc2)cc1. The molecule has 0 spiro atoms. The Morgan fingerprint density at radius 1 is 0.861 bits per heavy atom. The molecule has 0 bridgehead atoms. The molecule has 36 heavy (non-hydrogen) atoms. The van der Waals surface area contributed by atoms with Crippen molar-refractivity contribution in [2.24, 2.45) is 0 Å². The van der Waals surface area contributed by atoms with Crippen molar-refractivity contribution in [2.75, 3.05) is 13.7 Å². The van der Waals surface area contributed by atoms with Gasteiger partial charge >= 0.3 is 5.97 Å². The van der Waals surface area contributed by atoms with Crippen LogP contribution < -0.4 is 9.47 Å². The Labute approximate surface area is 219 Å². The molecule has 0 aliphatic rings. The number of carbonyl (C=O) groups is 1. The second kappa shape index (κ2) is 13.2. The number of rotatable bonds is 12. The highest BCUT2D eigenvalue weighted by Crippen LogP contribution is 2.27. The number of benzene rings is 3. The largest absolute Gasteiger partial charge is 0.497 e. The molecular weight excluding hydrogens is 468 g/mol. The van der Waals surface area contributed by atoms with Gasteiger partial charge in [-0.3, -0.25) is 0 Å². The van der Waals surface area contributed by atoms with Crippen molar-refractivity contribution in [1.29, 1.82) is 0 Å². The van der Waals surface area contributed by atoms with Crippen LogP contribution >= 0.6 is 11.8 Å². The number of aryl methyl sites for hydroxylation is 1. The van der Waals surface area contributed by atoms with E-state index in [4.69, 9.17) is 9.47 Å². The van der Waals surface area contributed by atoms with Gasteiger partial charge in [0.1, 0.15) is 11.5 Å². The van der Waals surface area contributed by atoms with Crippen LogP contribution in [0.3, 0.4) is 0 Å². The molecule has 3 rings (SSSR count). The van der Waals surface area contributed by atoms with E-state index in [1.54, 1.807) is 13.2 Å². The first kappa shape index (κ1) is 27.4. The quantitative estimate of drug-likeness (QED) is 0.202. The predicted octanol–water partition coefficient (Wildman–Crippen LogP) is 7.75. The van der Waals surface area contributed by atoms with E-state index in [0.717, 1.165) is 41.9 Å². The Balaban J connectivity index is 1.46. The normalized spacial score (nSPS) is 11.8. The van der Waals surface area contributed by atoms with Gasteiger partial charge in [-0.25, -0.2) is 4.79 Å². The van der Waals surface area contributed by atoms with E-state index in [9.17, 15) is 9.90 Å². The number of hydrogen-bond acceptors (Lipinski definition) is 4. The van der Waals surface area contributed by atoms with Crippen LogP contribution in [-0.2, 0) is 22.4 Å². The van der Waals surface area contributed by atoms with Crippen molar-refractivity contribution in [3.8, 4) is 11.5 Å². The Kier molecular flexibility index (Phi) is 10.1. The zero-order valence-electron chi connectivity index (χ0n) is 21.6. The number of thioether (sulfide) groups is 1. The summed E-state index contributed by atoms with van der Waals surface area (Å²) in [6, 6.07) is 24.2. The Bertz CT molecular complexity index is 1130. The van der Waals surface area contributed by atoms with Gasteiger partial charge in [-0.1, -0.05) is 69.3 Å². The van der Waals surface area contributed by atoms with Crippen LogP contribution in [0.4, 0.5) is 0 Å². The van der Waals surface area contributed by atoms with E-state index in [2.05, 4.69) is 57.2 Å². The third-order valence-electron chi connectivity index (χ3n) is 5.89. The van der Waals surface area contributed by atoms with Crippen LogP contribution in [0.1, 0.15) is 55.9 Å². The lowest BCUT2D eigenvalue weighted by molar-refractivity contribution is -0.131. The molecule has 0 aliphatic heterocycles. The second-order valence-corrected chi connectivity index (χ2v) is 10.8. The van der Waals surface area contributed by atoms with Crippen LogP contribution in [-0.4, -0.2) is 24.8 Å². The van der Waals surface area contributed by atoms with Gasteiger partial charge < -0.3 is 14.6 Å². The van der Waals surface area contributed by atoms with Crippen molar-refractivity contribution in [1.82, 2.24) is 0 Å². The molecule has 0 saturated heterocycles. The zero-order chi connectivity index (χ0) is 26.0. The summed E-state index contributed by atoms with van der Waals surface area (Å²) in [4.78, 5) is 12.1. The van der Waals surface area contributed by atoms with Gasteiger partial charge in [-0.05, 0) is 77.3 Å². The van der Waals surface area contributed by atoms with Gasteiger partial charge in [-0.2, -0.15) is 0 Å². The number of unbranched alkanes of at least 4 members (excludes halogenated alkanes) is 1. The highest BCUT2D eigenvalue weighted by Gasteiger charge is 2.13. The Hall–Kier alpha value is -3.18. The van der Waals surface area contributed by atoms with Crippen molar-refractivity contribution >= 4 is 23.8 Å². The maximum Gasteiger partial charge on any atom is 0.342 e. The number of carboxylic acids is 1. The molecule has 3 aromatic carbocycles. The highest BCUT2D eigenvalue weighted by atomic mass is 32.2. The standard InChI is InChI=1S/C31H36O4S/c1-31(2,3)26-14-8-25(9-15-26)22-36-29(30(32)33)21-24-12-18-28(19-13-24)35-20-6-5-7-23-10-16-27(34-4)17-11-23/h8-19,21H,5-7,20,22H2,1-4H3,(H,32,33)/b29-21+. The molecule has 0 radical (unpaired) electrons. The summed E-state index contributed by atoms with van der Waals surface area (Å²) >= 11 is 1.34. The van der Waals surface area contributed by atoms with E-state index < -0.39 is 5.97 Å². The molecule has 0 saturated carbocycles. The predicted molar refractivity (Wildman–Crippen MR) is 150 cm³/mol. The molecule has 5 heteroatoms. The fourth-order valence-electron chi connectivity index (χ4n) is 3.65.